The van der Waals surface area contributed by atoms with Gasteiger partial charge in [0.2, 0.25) is 0 Å². The number of piperidine rings is 1. The number of rotatable bonds is 5. The summed E-state index contributed by atoms with van der Waals surface area (Å²) < 4.78 is 11.4. The molecule has 1 aromatic heterocycles. The highest BCUT2D eigenvalue weighted by molar-refractivity contribution is 5.96. The van der Waals surface area contributed by atoms with Crippen molar-refractivity contribution in [1.29, 1.82) is 0 Å². The molecule has 1 aliphatic rings. The number of carbonyl (C=O) groups excluding carboxylic acids is 2. The van der Waals surface area contributed by atoms with E-state index in [4.69, 9.17) is 9.47 Å². The Morgan fingerprint density at radius 3 is 2.36 bits per heavy atom. The molecule has 3 aromatic rings. The minimum absolute atomic E-state index is 0.205. The van der Waals surface area contributed by atoms with Crippen LogP contribution in [0.1, 0.15) is 57.2 Å². The topological polar surface area (TPSA) is 72.0 Å². The van der Waals surface area contributed by atoms with E-state index in [1.165, 1.54) is 4.90 Å². The van der Waals surface area contributed by atoms with Crippen LogP contribution in [0.4, 0.5) is 21.1 Å². The molecule has 1 atom stereocenters. The van der Waals surface area contributed by atoms with Crippen LogP contribution in [0.5, 0.6) is 0 Å². The molecular formula is C29H33N3O4. The summed E-state index contributed by atoms with van der Waals surface area (Å²) in [7, 11) is 0. The second-order valence-electron chi connectivity index (χ2n) is 9.81. The fourth-order valence-electron chi connectivity index (χ4n) is 4.33. The number of para-hydroxylation sites is 1. The van der Waals surface area contributed by atoms with Gasteiger partial charge in [0, 0.05) is 18.3 Å². The highest BCUT2D eigenvalue weighted by Gasteiger charge is 2.35. The SMILES string of the molecule is CC(C)(C)OC(=O)N(c1ccccc1)c1ncccc1[C@@H]1CCCCN1C(=O)OCc1ccccc1. The molecule has 2 heterocycles. The lowest BCUT2D eigenvalue weighted by atomic mass is 9.95. The number of carbonyl (C=O) groups is 2. The molecule has 0 saturated carbocycles. The van der Waals surface area contributed by atoms with Crippen molar-refractivity contribution >= 4 is 23.7 Å². The van der Waals surface area contributed by atoms with Gasteiger partial charge in [-0.1, -0.05) is 54.6 Å². The minimum Gasteiger partial charge on any atom is -0.445 e. The van der Waals surface area contributed by atoms with E-state index in [1.807, 2.05) is 93.6 Å². The zero-order valence-corrected chi connectivity index (χ0v) is 21.1. The Hall–Kier alpha value is -3.87. The van der Waals surface area contributed by atoms with E-state index in [-0.39, 0.29) is 18.7 Å². The number of nitrogens with zero attached hydrogens (tertiary/aromatic N) is 3. The number of ether oxygens (including phenoxy) is 2. The number of likely N-dealkylation sites (tertiary alicyclic amines) is 1. The third-order valence-corrected chi connectivity index (χ3v) is 5.92. The number of amides is 2. The Morgan fingerprint density at radius 1 is 0.972 bits per heavy atom. The summed E-state index contributed by atoms with van der Waals surface area (Å²) in [5.74, 6) is 0.450. The molecule has 1 saturated heterocycles. The summed E-state index contributed by atoms with van der Waals surface area (Å²) in [6.45, 7) is 6.28. The molecule has 7 nitrogen and oxygen atoms in total. The van der Waals surface area contributed by atoms with Crippen molar-refractivity contribution in [2.24, 2.45) is 0 Å². The van der Waals surface area contributed by atoms with E-state index in [0.717, 1.165) is 30.4 Å². The van der Waals surface area contributed by atoms with Gasteiger partial charge in [0.1, 0.15) is 18.0 Å². The lowest BCUT2D eigenvalue weighted by Gasteiger charge is -2.37. The van der Waals surface area contributed by atoms with Gasteiger partial charge < -0.3 is 14.4 Å². The molecule has 0 spiro atoms. The van der Waals surface area contributed by atoms with Gasteiger partial charge in [0.25, 0.3) is 0 Å². The van der Waals surface area contributed by atoms with Gasteiger partial charge in [0.15, 0.2) is 0 Å². The fraction of sp³-hybridized carbons (Fsp3) is 0.345. The van der Waals surface area contributed by atoms with Crippen LogP contribution in [0, 0.1) is 0 Å². The third kappa shape index (κ3) is 6.22. The fourth-order valence-corrected chi connectivity index (χ4v) is 4.33. The zero-order valence-electron chi connectivity index (χ0n) is 21.1. The van der Waals surface area contributed by atoms with E-state index in [1.54, 1.807) is 11.1 Å². The summed E-state index contributed by atoms with van der Waals surface area (Å²) in [5.41, 5.74) is 1.67. The molecule has 0 N–H and O–H groups in total. The predicted molar refractivity (Wildman–Crippen MR) is 139 cm³/mol. The molecule has 2 amide bonds. The van der Waals surface area contributed by atoms with Gasteiger partial charge in [-0.3, -0.25) is 0 Å². The van der Waals surface area contributed by atoms with Crippen LogP contribution >= 0.6 is 0 Å². The molecule has 0 unspecified atom stereocenters. The molecule has 1 fully saturated rings. The molecule has 0 aliphatic carbocycles. The number of pyridine rings is 1. The Labute approximate surface area is 212 Å². The van der Waals surface area contributed by atoms with Crippen molar-refractivity contribution in [3.05, 3.63) is 90.1 Å². The van der Waals surface area contributed by atoms with E-state index in [2.05, 4.69) is 4.98 Å². The lowest BCUT2D eigenvalue weighted by Crippen LogP contribution is -2.40. The number of hydrogen-bond donors (Lipinski definition) is 0. The predicted octanol–water partition coefficient (Wildman–Crippen LogP) is 7.02. The minimum atomic E-state index is -0.683. The molecule has 7 heteroatoms. The van der Waals surface area contributed by atoms with E-state index in [0.29, 0.717) is 18.1 Å². The van der Waals surface area contributed by atoms with Gasteiger partial charge in [0.05, 0.1) is 11.7 Å². The van der Waals surface area contributed by atoms with Crippen LogP contribution in [0.25, 0.3) is 0 Å². The van der Waals surface area contributed by atoms with E-state index < -0.39 is 11.7 Å². The van der Waals surface area contributed by atoms with E-state index in [9.17, 15) is 9.59 Å². The van der Waals surface area contributed by atoms with E-state index >= 15 is 0 Å². The van der Waals surface area contributed by atoms with Crippen molar-refractivity contribution in [2.75, 3.05) is 11.4 Å². The molecule has 36 heavy (non-hydrogen) atoms. The van der Waals surface area contributed by atoms with Gasteiger partial charge in [-0.25, -0.2) is 19.5 Å². The van der Waals surface area contributed by atoms with Crippen LogP contribution < -0.4 is 4.90 Å². The summed E-state index contributed by atoms with van der Waals surface area (Å²) in [6.07, 6.45) is 3.35. The molecule has 4 rings (SSSR count). The molecule has 0 radical (unpaired) electrons. The number of benzene rings is 2. The Bertz CT molecular complexity index is 1160. The van der Waals surface area contributed by atoms with Crippen LogP contribution in [-0.2, 0) is 16.1 Å². The number of aromatic nitrogens is 1. The Kier molecular flexibility index (Phi) is 7.88. The first-order valence-electron chi connectivity index (χ1n) is 12.3. The maximum absolute atomic E-state index is 13.4. The standard InChI is InChI=1S/C29H33N3O4/c1-29(2,3)36-28(34)32(23-15-8-5-9-16-23)26-24(17-12-19-30-26)25-18-10-11-20-31(25)27(33)35-21-22-13-6-4-7-14-22/h4-9,12-17,19,25H,10-11,18,20-21H2,1-3H3/t25-/m0/s1. The average molecular weight is 488 g/mol. The van der Waals surface area contributed by atoms with Crippen molar-refractivity contribution in [3.63, 3.8) is 0 Å². The van der Waals surface area contributed by atoms with Gasteiger partial charge in [-0.15, -0.1) is 0 Å². The maximum atomic E-state index is 13.4. The largest absolute Gasteiger partial charge is 0.445 e. The first-order chi connectivity index (χ1) is 17.3. The third-order valence-electron chi connectivity index (χ3n) is 5.92. The highest BCUT2D eigenvalue weighted by Crippen LogP contribution is 2.38. The van der Waals surface area contributed by atoms with Crippen molar-refractivity contribution in [2.45, 2.75) is 58.3 Å². The Morgan fingerprint density at radius 2 is 1.67 bits per heavy atom. The summed E-state index contributed by atoms with van der Waals surface area (Å²) >= 11 is 0. The summed E-state index contributed by atoms with van der Waals surface area (Å²) in [6, 6.07) is 22.4. The summed E-state index contributed by atoms with van der Waals surface area (Å²) in [5, 5.41) is 0. The maximum Gasteiger partial charge on any atom is 0.420 e. The highest BCUT2D eigenvalue weighted by atomic mass is 16.6. The first kappa shape index (κ1) is 25.2. The number of hydrogen-bond acceptors (Lipinski definition) is 5. The second-order valence-corrected chi connectivity index (χ2v) is 9.81. The van der Waals surface area contributed by atoms with Crippen molar-refractivity contribution in [1.82, 2.24) is 9.88 Å². The van der Waals surface area contributed by atoms with Gasteiger partial charge in [-0.05, 0) is 63.8 Å². The summed E-state index contributed by atoms with van der Waals surface area (Å²) in [4.78, 5) is 34.5. The normalized spacial score (nSPS) is 15.8. The molecule has 0 bridgehead atoms. The van der Waals surface area contributed by atoms with Crippen molar-refractivity contribution < 1.29 is 19.1 Å². The smallest absolute Gasteiger partial charge is 0.420 e. The van der Waals surface area contributed by atoms with Crippen LogP contribution in [0.3, 0.4) is 0 Å². The Balaban J connectivity index is 1.66. The lowest BCUT2D eigenvalue weighted by molar-refractivity contribution is 0.0596. The molecule has 2 aromatic carbocycles. The van der Waals surface area contributed by atoms with Crippen LogP contribution in [0.15, 0.2) is 79.0 Å². The molecule has 188 valence electrons. The molecule has 1 aliphatic heterocycles. The molecular weight excluding hydrogens is 454 g/mol. The van der Waals surface area contributed by atoms with Gasteiger partial charge in [-0.2, -0.15) is 0 Å². The van der Waals surface area contributed by atoms with Crippen LogP contribution in [-0.4, -0.2) is 34.2 Å². The van der Waals surface area contributed by atoms with Gasteiger partial charge >= 0.3 is 12.2 Å². The second kappa shape index (κ2) is 11.2. The average Bonchev–Trinajstić information content (AvgIpc) is 2.88. The first-order valence-corrected chi connectivity index (χ1v) is 12.3. The monoisotopic (exact) mass is 487 g/mol. The zero-order chi connectivity index (χ0) is 25.5. The van der Waals surface area contributed by atoms with Crippen molar-refractivity contribution in [3.8, 4) is 0 Å². The number of anilines is 2. The van der Waals surface area contributed by atoms with Crippen LogP contribution in [0.2, 0.25) is 0 Å². The quantitative estimate of drug-likeness (QED) is 0.387.